The molecule has 0 bridgehead atoms. The van der Waals surface area contributed by atoms with Crippen molar-refractivity contribution in [1.29, 1.82) is 0 Å². The Labute approximate surface area is 188 Å². The summed E-state index contributed by atoms with van der Waals surface area (Å²) >= 11 is 0. The third-order valence-corrected chi connectivity index (χ3v) is 7.70. The summed E-state index contributed by atoms with van der Waals surface area (Å²) in [7, 11) is -3.58. The van der Waals surface area contributed by atoms with E-state index in [9.17, 15) is 8.42 Å². The second-order valence-corrected chi connectivity index (χ2v) is 9.81. The van der Waals surface area contributed by atoms with Crippen LogP contribution in [0.1, 0.15) is 18.4 Å². The van der Waals surface area contributed by atoms with Crippen LogP contribution in [0.4, 0.5) is 0 Å². The standard InChI is InChI=1S/C23H24N2O4S.ClH/c26-30(27,20-7-2-1-3-8-20)21-15-18-5-4-6-19(22(18)24-16-21)17-25-11-9-23(10-12-25)28-13-14-29-23;/h1-8,15-16H,9-14,17H2;1H. The molecule has 0 saturated carbocycles. The van der Waals surface area contributed by atoms with Crippen LogP contribution >= 0.6 is 12.4 Å². The second kappa shape index (κ2) is 8.84. The van der Waals surface area contributed by atoms with E-state index in [0.29, 0.717) is 13.2 Å². The quantitative estimate of drug-likeness (QED) is 0.589. The Morgan fingerprint density at radius 1 is 0.935 bits per heavy atom. The fourth-order valence-electron chi connectivity index (χ4n) is 4.29. The smallest absolute Gasteiger partial charge is 0.208 e. The molecule has 2 aliphatic rings. The lowest BCUT2D eigenvalue weighted by molar-refractivity contribution is -0.185. The highest BCUT2D eigenvalue weighted by atomic mass is 35.5. The third-order valence-electron chi connectivity index (χ3n) is 5.96. The summed E-state index contributed by atoms with van der Waals surface area (Å²) in [5, 5.41) is 0.834. The van der Waals surface area contributed by atoms with Gasteiger partial charge in [-0.25, -0.2) is 8.42 Å². The van der Waals surface area contributed by atoms with Crippen LogP contribution in [0.2, 0.25) is 0 Å². The molecule has 1 aromatic heterocycles. The summed E-state index contributed by atoms with van der Waals surface area (Å²) in [6.45, 7) is 3.93. The van der Waals surface area contributed by atoms with Crippen molar-refractivity contribution in [2.75, 3.05) is 26.3 Å². The van der Waals surface area contributed by atoms with Crippen LogP contribution in [-0.2, 0) is 25.9 Å². The lowest BCUT2D eigenvalue weighted by Crippen LogP contribution is -2.44. The first-order valence-electron chi connectivity index (χ1n) is 10.2. The van der Waals surface area contributed by atoms with E-state index in [2.05, 4.69) is 16.0 Å². The van der Waals surface area contributed by atoms with Crippen molar-refractivity contribution in [3.8, 4) is 0 Å². The van der Waals surface area contributed by atoms with Crippen molar-refractivity contribution in [3.05, 3.63) is 66.4 Å². The van der Waals surface area contributed by atoms with E-state index in [1.165, 1.54) is 6.20 Å². The van der Waals surface area contributed by atoms with E-state index in [-0.39, 0.29) is 28.0 Å². The Balaban J connectivity index is 0.00000231. The van der Waals surface area contributed by atoms with Gasteiger partial charge in [-0.1, -0.05) is 36.4 Å². The highest BCUT2D eigenvalue weighted by Crippen LogP contribution is 2.32. The van der Waals surface area contributed by atoms with Gasteiger partial charge in [0, 0.05) is 44.1 Å². The summed E-state index contributed by atoms with van der Waals surface area (Å²) in [6, 6.07) is 16.1. The number of ether oxygens (including phenoxy) is 2. The van der Waals surface area contributed by atoms with E-state index in [0.717, 1.165) is 48.9 Å². The maximum Gasteiger partial charge on any atom is 0.208 e. The number of para-hydroxylation sites is 1. The first-order chi connectivity index (χ1) is 14.6. The topological polar surface area (TPSA) is 68.7 Å². The molecule has 0 N–H and O–H groups in total. The van der Waals surface area contributed by atoms with Crippen molar-refractivity contribution in [2.24, 2.45) is 0 Å². The predicted molar refractivity (Wildman–Crippen MR) is 120 cm³/mol. The molecule has 2 fully saturated rings. The minimum atomic E-state index is -3.58. The fraction of sp³-hybridized carbons (Fsp3) is 0.348. The van der Waals surface area contributed by atoms with Gasteiger partial charge in [0.1, 0.15) is 0 Å². The molecule has 164 valence electrons. The van der Waals surface area contributed by atoms with E-state index < -0.39 is 9.84 Å². The van der Waals surface area contributed by atoms with E-state index in [4.69, 9.17) is 9.47 Å². The molecule has 3 aromatic rings. The number of rotatable bonds is 4. The van der Waals surface area contributed by atoms with Crippen molar-refractivity contribution < 1.29 is 17.9 Å². The van der Waals surface area contributed by atoms with Crippen LogP contribution in [0.5, 0.6) is 0 Å². The summed E-state index contributed by atoms with van der Waals surface area (Å²) < 4.78 is 37.5. The SMILES string of the molecule is Cl.O=S(=O)(c1ccccc1)c1cnc2c(CN3CCC4(CC3)OCCO4)cccc2c1. The Bertz CT molecular complexity index is 1150. The monoisotopic (exact) mass is 460 g/mol. The number of likely N-dealkylation sites (tertiary alicyclic amines) is 1. The molecular formula is C23H25ClN2O4S. The maximum atomic E-state index is 12.9. The van der Waals surface area contributed by atoms with Crippen molar-refractivity contribution in [1.82, 2.24) is 9.88 Å². The number of sulfone groups is 1. The Morgan fingerprint density at radius 2 is 1.65 bits per heavy atom. The van der Waals surface area contributed by atoms with E-state index in [1.807, 2.05) is 12.1 Å². The normalized spacial score (nSPS) is 18.8. The number of halogens is 1. The van der Waals surface area contributed by atoms with E-state index >= 15 is 0 Å². The van der Waals surface area contributed by atoms with Crippen LogP contribution in [0.15, 0.2) is 70.6 Å². The van der Waals surface area contributed by atoms with Gasteiger partial charge in [-0.15, -0.1) is 12.4 Å². The Kier molecular flexibility index (Phi) is 6.32. The van der Waals surface area contributed by atoms with Gasteiger partial charge >= 0.3 is 0 Å². The molecule has 3 heterocycles. The van der Waals surface area contributed by atoms with Gasteiger partial charge in [-0.2, -0.15) is 0 Å². The zero-order valence-electron chi connectivity index (χ0n) is 17.1. The van der Waals surface area contributed by atoms with Gasteiger partial charge in [0.25, 0.3) is 0 Å². The summed E-state index contributed by atoms with van der Waals surface area (Å²) in [6.07, 6.45) is 3.20. The molecule has 0 aliphatic carbocycles. The second-order valence-electron chi connectivity index (χ2n) is 7.86. The Morgan fingerprint density at radius 3 is 2.35 bits per heavy atom. The van der Waals surface area contributed by atoms with Crippen LogP contribution in [-0.4, -0.2) is 50.4 Å². The van der Waals surface area contributed by atoms with Gasteiger partial charge in [-0.05, 0) is 23.8 Å². The van der Waals surface area contributed by atoms with Crippen LogP contribution in [0, 0.1) is 0 Å². The predicted octanol–water partition coefficient (Wildman–Crippen LogP) is 3.83. The molecular weight excluding hydrogens is 436 g/mol. The summed E-state index contributed by atoms with van der Waals surface area (Å²) in [5.74, 6) is -0.381. The van der Waals surface area contributed by atoms with Crippen LogP contribution < -0.4 is 0 Å². The molecule has 6 nitrogen and oxygen atoms in total. The highest BCUT2D eigenvalue weighted by molar-refractivity contribution is 7.91. The lowest BCUT2D eigenvalue weighted by atomic mass is 10.0. The van der Waals surface area contributed by atoms with E-state index in [1.54, 1.807) is 36.4 Å². The number of hydrogen-bond donors (Lipinski definition) is 0. The van der Waals surface area contributed by atoms with Crippen molar-refractivity contribution >= 4 is 33.1 Å². The first kappa shape index (κ1) is 22.2. The molecule has 31 heavy (non-hydrogen) atoms. The van der Waals surface area contributed by atoms with Gasteiger partial charge < -0.3 is 9.47 Å². The van der Waals surface area contributed by atoms with Crippen LogP contribution in [0.3, 0.4) is 0 Å². The third kappa shape index (κ3) is 4.33. The molecule has 2 saturated heterocycles. The zero-order valence-corrected chi connectivity index (χ0v) is 18.7. The summed E-state index contributed by atoms with van der Waals surface area (Å²) in [4.78, 5) is 7.43. The van der Waals surface area contributed by atoms with Gasteiger partial charge in [-0.3, -0.25) is 9.88 Å². The molecule has 0 atom stereocenters. The average molecular weight is 461 g/mol. The number of aromatic nitrogens is 1. The number of pyridine rings is 1. The van der Waals surface area contributed by atoms with Crippen molar-refractivity contribution in [2.45, 2.75) is 35.0 Å². The average Bonchev–Trinajstić information content (AvgIpc) is 3.24. The summed E-state index contributed by atoms with van der Waals surface area (Å²) in [5.41, 5.74) is 1.94. The minimum absolute atomic E-state index is 0. The molecule has 0 amide bonds. The molecule has 2 aliphatic heterocycles. The molecule has 2 aromatic carbocycles. The first-order valence-corrected chi connectivity index (χ1v) is 11.7. The van der Waals surface area contributed by atoms with Gasteiger partial charge in [0.05, 0.1) is 28.5 Å². The highest BCUT2D eigenvalue weighted by Gasteiger charge is 2.39. The van der Waals surface area contributed by atoms with Gasteiger partial charge in [0.15, 0.2) is 5.79 Å². The van der Waals surface area contributed by atoms with Crippen molar-refractivity contribution in [3.63, 3.8) is 0 Å². The zero-order chi connectivity index (χ0) is 20.6. The maximum absolute atomic E-state index is 12.9. The molecule has 5 rings (SSSR count). The Hall–Kier alpha value is -2.03. The van der Waals surface area contributed by atoms with Gasteiger partial charge in [0.2, 0.25) is 9.84 Å². The lowest BCUT2D eigenvalue weighted by Gasteiger charge is -2.37. The number of piperidine rings is 1. The molecule has 0 unspecified atom stereocenters. The molecule has 0 radical (unpaired) electrons. The number of nitrogens with zero attached hydrogens (tertiary/aromatic N) is 2. The largest absolute Gasteiger partial charge is 0.347 e. The number of fused-ring (bicyclic) bond motifs is 1. The van der Waals surface area contributed by atoms with Crippen LogP contribution in [0.25, 0.3) is 10.9 Å². The molecule has 8 heteroatoms. The minimum Gasteiger partial charge on any atom is -0.347 e. The molecule has 1 spiro atoms. The number of benzene rings is 2. The number of hydrogen-bond acceptors (Lipinski definition) is 6. The fourth-order valence-corrected chi connectivity index (χ4v) is 5.55.